The third-order valence-electron chi connectivity index (χ3n) is 3.55. The van der Waals surface area contributed by atoms with Crippen LogP contribution in [0.5, 0.6) is 0 Å². The Morgan fingerprint density at radius 1 is 0.842 bits per heavy atom. The largest absolute Gasteiger partial charge is 0.344 e. The lowest BCUT2D eigenvalue weighted by Gasteiger charge is -2.38. The fourth-order valence-electron chi connectivity index (χ4n) is 2.72. The summed E-state index contributed by atoms with van der Waals surface area (Å²) in [5, 5.41) is 0. The Morgan fingerprint density at radius 3 is 1.68 bits per heavy atom. The Balaban J connectivity index is 2.30. The van der Waals surface area contributed by atoms with Gasteiger partial charge in [0.15, 0.2) is 0 Å². The van der Waals surface area contributed by atoms with Gasteiger partial charge in [0.05, 0.1) is 5.92 Å². The molecule has 0 unspecified atom stereocenters. The summed E-state index contributed by atoms with van der Waals surface area (Å²) in [4.78, 5) is 2.14. The van der Waals surface area contributed by atoms with Crippen molar-refractivity contribution in [1.82, 2.24) is 0 Å². The maximum absolute atomic E-state index is 6.23. The standard InChI is InChI=1S/C15H12Cl3N/c1-19-12-8-4-2-6-10(12)14(15(16,17)18)11-7-3-5-9-13(11)19/h2-9,14H,1H3. The number of anilines is 2. The molecule has 0 radical (unpaired) electrons. The first kappa shape index (κ1) is 13.1. The molecule has 0 aromatic heterocycles. The molecule has 0 N–H and O–H groups in total. The van der Waals surface area contributed by atoms with Crippen LogP contribution in [0.4, 0.5) is 11.4 Å². The van der Waals surface area contributed by atoms with Gasteiger partial charge in [-0.15, -0.1) is 0 Å². The quantitative estimate of drug-likeness (QED) is 0.599. The highest BCUT2D eigenvalue weighted by atomic mass is 35.6. The maximum atomic E-state index is 6.23. The van der Waals surface area contributed by atoms with E-state index in [2.05, 4.69) is 17.0 Å². The van der Waals surface area contributed by atoms with E-state index in [0.29, 0.717) is 0 Å². The van der Waals surface area contributed by atoms with Gasteiger partial charge >= 0.3 is 0 Å². The SMILES string of the molecule is CN1c2ccccc2C(C(Cl)(Cl)Cl)c2ccccc21. The number of rotatable bonds is 0. The summed E-state index contributed by atoms with van der Waals surface area (Å²) in [6.07, 6.45) is 0. The van der Waals surface area contributed by atoms with E-state index in [9.17, 15) is 0 Å². The zero-order valence-corrected chi connectivity index (χ0v) is 12.5. The molecule has 19 heavy (non-hydrogen) atoms. The normalized spacial score (nSPS) is 15.1. The van der Waals surface area contributed by atoms with E-state index in [0.717, 1.165) is 22.5 Å². The van der Waals surface area contributed by atoms with Crippen molar-refractivity contribution in [3.63, 3.8) is 0 Å². The van der Waals surface area contributed by atoms with Crippen molar-refractivity contribution in [2.75, 3.05) is 11.9 Å². The van der Waals surface area contributed by atoms with Crippen molar-refractivity contribution in [2.45, 2.75) is 9.71 Å². The van der Waals surface area contributed by atoms with Crippen molar-refractivity contribution in [1.29, 1.82) is 0 Å². The highest BCUT2D eigenvalue weighted by Gasteiger charge is 2.41. The number of hydrogen-bond donors (Lipinski definition) is 0. The lowest BCUT2D eigenvalue weighted by Crippen LogP contribution is -2.28. The predicted octanol–water partition coefficient (Wildman–Crippen LogP) is 5.27. The van der Waals surface area contributed by atoms with Crippen LogP contribution in [0.15, 0.2) is 48.5 Å². The topological polar surface area (TPSA) is 3.24 Å². The van der Waals surface area contributed by atoms with Crippen molar-refractivity contribution in [3.8, 4) is 0 Å². The second kappa shape index (κ2) is 4.59. The average molecular weight is 313 g/mol. The van der Waals surface area contributed by atoms with Gasteiger partial charge in [-0.1, -0.05) is 71.2 Å². The molecule has 98 valence electrons. The zero-order valence-electron chi connectivity index (χ0n) is 10.3. The third kappa shape index (κ3) is 2.10. The first-order valence-corrected chi connectivity index (χ1v) is 7.12. The van der Waals surface area contributed by atoms with Crippen LogP contribution in [-0.4, -0.2) is 10.8 Å². The molecule has 2 aromatic rings. The highest BCUT2D eigenvalue weighted by Crippen LogP contribution is 2.53. The molecule has 3 rings (SSSR count). The van der Waals surface area contributed by atoms with E-state index in [1.165, 1.54) is 0 Å². The molecule has 0 amide bonds. The monoisotopic (exact) mass is 311 g/mol. The number of alkyl halides is 3. The van der Waals surface area contributed by atoms with E-state index < -0.39 is 3.79 Å². The van der Waals surface area contributed by atoms with E-state index in [-0.39, 0.29) is 5.92 Å². The minimum absolute atomic E-state index is 0.249. The average Bonchev–Trinajstić information content (AvgIpc) is 2.38. The number of nitrogens with zero attached hydrogens (tertiary/aromatic N) is 1. The molecule has 4 heteroatoms. The van der Waals surface area contributed by atoms with Gasteiger partial charge in [-0.2, -0.15) is 0 Å². The number of halogens is 3. The molecule has 1 aliphatic heterocycles. The van der Waals surface area contributed by atoms with Gasteiger partial charge in [-0.05, 0) is 23.3 Å². The van der Waals surface area contributed by atoms with Crippen LogP contribution < -0.4 is 4.90 Å². The third-order valence-corrected chi connectivity index (χ3v) is 4.20. The van der Waals surface area contributed by atoms with Crippen LogP contribution in [0, 0.1) is 0 Å². The van der Waals surface area contributed by atoms with Crippen LogP contribution in [0.2, 0.25) is 0 Å². The minimum atomic E-state index is -1.37. The summed E-state index contributed by atoms with van der Waals surface area (Å²) in [5.74, 6) is -0.249. The number of fused-ring (bicyclic) bond motifs is 2. The van der Waals surface area contributed by atoms with E-state index in [1.54, 1.807) is 0 Å². The predicted molar refractivity (Wildman–Crippen MR) is 83.1 cm³/mol. The fourth-order valence-corrected chi connectivity index (χ4v) is 3.43. The van der Waals surface area contributed by atoms with Crippen molar-refractivity contribution in [2.24, 2.45) is 0 Å². The summed E-state index contributed by atoms with van der Waals surface area (Å²) >= 11 is 18.7. The Bertz CT molecular complexity index is 571. The van der Waals surface area contributed by atoms with Gasteiger partial charge in [-0.3, -0.25) is 0 Å². The van der Waals surface area contributed by atoms with Gasteiger partial charge in [0.2, 0.25) is 3.79 Å². The molecule has 0 saturated carbocycles. The molecule has 1 heterocycles. The first-order chi connectivity index (χ1) is 9.00. The van der Waals surface area contributed by atoms with Gasteiger partial charge in [0, 0.05) is 18.4 Å². The molecule has 0 bridgehead atoms. The molecule has 0 saturated heterocycles. The van der Waals surface area contributed by atoms with E-state index in [1.807, 2.05) is 43.4 Å². The summed E-state index contributed by atoms with van der Waals surface area (Å²) in [7, 11) is 2.03. The van der Waals surface area contributed by atoms with Crippen LogP contribution >= 0.6 is 34.8 Å². The molecule has 1 aliphatic rings. The smallest absolute Gasteiger partial charge is 0.201 e. The van der Waals surface area contributed by atoms with Crippen LogP contribution in [0.25, 0.3) is 0 Å². The van der Waals surface area contributed by atoms with E-state index in [4.69, 9.17) is 34.8 Å². The van der Waals surface area contributed by atoms with Crippen molar-refractivity contribution >= 4 is 46.2 Å². The molecule has 0 atom stereocenters. The summed E-state index contributed by atoms with van der Waals surface area (Å²) in [5.41, 5.74) is 4.25. The Labute approximate surface area is 127 Å². The second-order valence-electron chi connectivity index (χ2n) is 4.65. The molecule has 0 aliphatic carbocycles. The van der Waals surface area contributed by atoms with Crippen LogP contribution in [0.3, 0.4) is 0 Å². The zero-order chi connectivity index (χ0) is 13.6. The van der Waals surface area contributed by atoms with Crippen molar-refractivity contribution in [3.05, 3.63) is 59.7 Å². The summed E-state index contributed by atoms with van der Waals surface area (Å²) in [6.45, 7) is 0. The Hall–Kier alpha value is -0.890. The van der Waals surface area contributed by atoms with E-state index >= 15 is 0 Å². The lowest BCUT2D eigenvalue weighted by molar-refractivity contribution is 0.814. The van der Waals surface area contributed by atoms with Gasteiger partial charge in [-0.25, -0.2) is 0 Å². The van der Waals surface area contributed by atoms with Gasteiger partial charge in [0.1, 0.15) is 0 Å². The van der Waals surface area contributed by atoms with Crippen molar-refractivity contribution < 1.29 is 0 Å². The number of hydrogen-bond acceptors (Lipinski definition) is 1. The molecule has 1 nitrogen and oxygen atoms in total. The maximum Gasteiger partial charge on any atom is 0.201 e. The molecule has 2 aromatic carbocycles. The highest BCUT2D eigenvalue weighted by molar-refractivity contribution is 6.68. The Morgan fingerprint density at radius 2 is 1.26 bits per heavy atom. The van der Waals surface area contributed by atoms with Gasteiger partial charge < -0.3 is 4.90 Å². The lowest BCUT2D eigenvalue weighted by atomic mass is 9.86. The first-order valence-electron chi connectivity index (χ1n) is 5.98. The second-order valence-corrected chi connectivity index (χ2v) is 7.02. The molecular formula is C15H12Cl3N. The van der Waals surface area contributed by atoms with Crippen LogP contribution in [-0.2, 0) is 0 Å². The Kier molecular flexibility index (Phi) is 3.17. The fraction of sp³-hybridized carbons (Fsp3) is 0.200. The summed E-state index contributed by atoms with van der Waals surface area (Å²) < 4.78 is -1.37. The van der Waals surface area contributed by atoms with Gasteiger partial charge in [0.25, 0.3) is 0 Å². The number of para-hydroxylation sites is 2. The molecule has 0 spiro atoms. The molecular weight excluding hydrogens is 301 g/mol. The summed E-state index contributed by atoms with van der Waals surface area (Å²) in [6, 6.07) is 16.1. The minimum Gasteiger partial charge on any atom is -0.344 e. The molecule has 0 fully saturated rings. The number of benzene rings is 2. The van der Waals surface area contributed by atoms with Crippen LogP contribution in [0.1, 0.15) is 17.0 Å².